The van der Waals surface area contributed by atoms with Crippen LogP contribution in [0.3, 0.4) is 0 Å². The summed E-state index contributed by atoms with van der Waals surface area (Å²) >= 11 is 1.18. The third-order valence-corrected chi connectivity index (χ3v) is 2.71. The maximum absolute atomic E-state index is 9.13. The van der Waals surface area contributed by atoms with Crippen molar-refractivity contribution in [3.8, 4) is 11.7 Å². The second kappa shape index (κ2) is 5.15. The fourth-order valence-corrected chi connectivity index (χ4v) is 1.66. The molecule has 1 atom stereocenters. The summed E-state index contributed by atoms with van der Waals surface area (Å²) in [7, 11) is 0. The summed E-state index contributed by atoms with van der Waals surface area (Å²) in [6.07, 6.45) is 0.728. The summed E-state index contributed by atoms with van der Waals surface area (Å²) in [5.74, 6) is 1.10. The molecule has 0 aromatic carbocycles. The first-order valence-corrected chi connectivity index (χ1v) is 5.57. The van der Waals surface area contributed by atoms with Gasteiger partial charge in [0, 0.05) is 5.75 Å². The van der Waals surface area contributed by atoms with Gasteiger partial charge in [-0.2, -0.15) is 0 Å². The Morgan fingerprint density at radius 2 is 2.31 bits per heavy atom. The van der Waals surface area contributed by atoms with Crippen LogP contribution in [0.4, 0.5) is 0 Å². The van der Waals surface area contributed by atoms with E-state index in [9.17, 15) is 0 Å². The first-order chi connectivity index (χ1) is 7.79. The Morgan fingerprint density at radius 1 is 1.44 bits per heavy atom. The van der Waals surface area contributed by atoms with E-state index < -0.39 is 6.10 Å². The number of hydrogen-bond donors (Lipinski definition) is 2. The van der Waals surface area contributed by atoms with E-state index in [0.29, 0.717) is 22.6 Å². The zero-order valence-corrected chi connectivity index (χ0v) is 9.05. The van der Waals surface area contributed by atoms with Crippen molar-refractivity contribution in [2.45, 2.75) is 11.3 Å². The van der Waals surface area contributed by atoms with E-state index in [1.165, 1.54) is 18.0 Å². The topological polar surface area (TPSA) is 92.5 Å². The van der Waals surface area contributed by atoms with Crippen molar-refractivity contribution < 1.29 is 19.0 Å². The molecule has 0 bridgehead atoms. The van der Waals surface area contributed by atoms with E-state index in [-0.39, 0.29) is 6.61 Å². The number of thioether (sulfide) groups is 1. The standard InChI is InChI=1S/C9H10N2O4S/c12-4-6(13)5-16-9-11-10-8(15-9)7-2-1-3-14-7/h1-3,6,12-13H,4-5H2. The van der Waals surface area contributed by atoms with E-state index in [2.05, 4.69) is 10.2 Å². The Kier molecular flexibility index (Phi) is 3.60. The van der Waals surface area contributed by atoms with Crippen LogP contribution in [0.2, 0.25) is 0 Å². The van der Waals surface area contributed by atoms with Gasteiger partial charge in [-0.3, -0.25) is 0 Å². The van der Waals surface area contributed by atoms with Crippen molar-refractivity contribution >= 4 is 11.8 Å². The summed E-state index contributed by atoms with van der Waals surface area (Å²) in [5.41, 5.74) is 0. The third kappa shape index (κ3) is 2.63. The lowest BCUT2D eigenvalue weighted by atomic mass is 10.4. The number of aliphatic hydroxyl groups excluding tert-OH is 2. The monoisotopic (exact) mass is 242 g/mol. The molecule has 2 N–H and O–H groups in total. The fraction of sp³-hybridized carbons (Fsp3) is 0.333. The number of aromatic nitrogens is 2. The Morgan fingerprint density at radius 3 is 3.00 bits per heavy atom. The first kappa shape index (κ1) is 11.2. The quantitative estimate of drug-likeness (QED) is 0.748. The number of furan rings is 1. The Balaban J connectivity index is 1.98. The minimum Gasteiger partial charge on any atom is -0.459 e. The van der Waals surface area contributed by atoms with Gasteiger partial charge in [-0.1, -0.05) is 11.8 Å². The highest BCUT2D eigenvalue weighted by atomic mass is 32.2. The Bertz CT molecular complexity index is 428. The molecule has 1 unspecified atom stereocenters. The largest absolute Gasteiger partial charge is 0.459 e. The van der Waals surface area contributed by atoms with Crippen LogP contribution in [-0.2, 0) is 0 Å². The minimum absolute atomic E-state index is 0.286. The molecule has 0 aliphatic rings. The smallest absolute Gasteiger partial charge is 0.284 e. The predicted octanol–water partition coefficient (Wildman–Crippen LogP) is 0.775. The zero-order chi connectivity index (χ0) is 11.4. The van der Waals surface area contributed by atoms with Gasteiger partial charge in [0.2, 0.25) is 0 Å². The number of hydrogen-bond acceptors (Lipinski definition) is 7. The van der Waals surface area contributed by atoms with E-state index in [4.69, 9.17) is 19.0 Å². The van der Waals surface area contributed by atoms with Crippen LogP contribution in [0, 0.1) is 0 Å². The van der Waals surface area contributed by atoms with Crippen LogP contribution in [0.5, 0.6) is 0 Å². The van der Waals surface area contributed by atoms with Crippen LogP contribution in [0.15, 0.2) is 32.5 Å². The molecule has 0 saturated heterocycles. The van der Waals surface area contributed by atoms with Gasteiger partial charge in [0.25, 0.3) is 11.1 Å². The second-order valence-electron chi connectivity index (χ2n) is 3.00. The van der Waals surface area contributed by atoms with Crippen molar-refractivity contribution in [1.29, 1.82) is 0 Å². The molecule has 0 aliphatic carbocycles. The molecule has 2 heterocycles. The Labute approximate surface area is 95.3 Å². The van der Waals surface area contributed by atoms with E-state index in [0.717, 1.165) is 0 Å². The SMILES string of the molecule is OCC(O)CSc1nnc(-c2ccco2)o1. The van der Waals surface area contributed by atoms with E-state index in [1.807, 2.05) is 0 Å². The summed E-state index contributed by atoms with van der Waals surface area (Å²) in [5, 5.41) is 25.6. The average molecular weight is 242 g/mol. The molecule has 0 fully saturated rings. The van der Waals surface area contributed by atoms with E-state index in [1.54, 1.807) is 12.1 Å². The summed E-state index contributed by atoms with van der Waals surface area (Å²) in [6.45, 7) is -0.286. The molecule has 16 heavy (non-hydrogen) atoms. The molecule has 6 nitrogen and oxygen atoms in total. The molecule has 2 aromatic heterocycles. The van der Waals surface area contributed by atoms with Gasteiger partial charge in [-0.15, -0.1) is 10.2 Å². The van der Waals surface area contributed by atoms with Crippen LogP contribution in [-0.4, -0.2) is 38.9 Å². The molecule has 0 saturated carbocycles. The molecule has 0 amide bonds. The molecule has 2 aromatic rings. The van der Waals surface area contributed by atoms with Gasteiger partial charge in [-0.25, -0.2) is 0 Å². The van der Waals surface area contributed by atoms with Crippen molar-refractivity contribution in [3.05, 3.63) is 18.4 Å². The highest BCUT2D eigenvalue weighted by Gasteiger charge is 2.12. The third-order valence-electron chi connectivity index (χ3n) is 1.75. The molecule has 7 heteroatoms. The Hall–Kier alpha value is -1.31. The molecule has 0 aliphatic heterocycles. The van der Waals surface area contributed by atoms with Gasteiger partial charge in [-0.05, 0) is 12.1 Å². The van der Waals surface area contributed by atoms with Crippen LogP contribution < -0.4 is 0 Å². The first-order valence-electron chi connectivity index (χ1n) is 4.58. The van der Waals surface area contributed by atoms with E-state index >= 15 is 0 Å². The predicted molar refractivity (Wildman–Crippen MR) is 55.8 cm³/mol. The highest BCUT2D eigenvalue weighted by molar-refractivity contribution is 7.99. The molecule has 0 spiro atoms. The van der Waals surface area contributed by atoms with Gasteiger partial charge in [0.1, 0.15) is 0 Å². The lowest BCUT2D eigenvalue weighted by Gasteiger charge is -2.02. The molecular weight excluding hydrogens is 232 g/mol. The lowest BCUT2D eigenvalue weighted by molar-refractivity contribution is 0.113. The fourth-order valence-electron chi connectivity index (χ4n) is 0.988. The van der Waals surface area contributed by atoms with Crippen molar-refractivity contribution in [2.75, 3.05) is 12.4 Å². The van der Waals surface area contributed by atoms with Crippen molar-refractivity contribution in [3.63, 3.8) is 0 Å². The number of aliphatic hydroxyl groups is 2. The molecule has 86 valence electrons. The number of rotatable bonds is 5. The maximum atomic E-state index is 9.13. The minimum atomic E-state index is -0.788. The van der Waals surface area contributed by atoms with Crippen LogP contribution in [0.1, 0.15) is 0 Å². The van der Waals surface area contributed by atoms with Gasteiger partial charge in [0.15, 0.2) is 5.76 Å². The second-order valence-corrected chi connectivity index (χ2v) is 3.97. The summed E-state index contributed by atoms with van der Waals surface area (Å²) in [6, 6.07) is 3.44. The van der Waals surface area contributed by atoms with Gasteiger partial charge in [0.05, 0.1) is 19.0 Å². The van der Waals surface area contributed by atoms with Gasteiger partial charge >= 0.3 is 0 Å². The maximum Gasteiger partial charge on any atom is 0.284 e. The lowest BCUT2D eigenvalue weighted by Crippen LogP contribution is -2.14. The molecular formula is C9H10N2O4S. The number of nitrogens with zero attached hydrogens (tertiary/aromatic N) is 2. The van der Waals surface area contributed by atoms with Crippen molar-refractivity contribution in [1.82, 2.24) is 10.2 Å². The summed E-state index contributed by atoms with van der Waals surface area (Å²) in [4.78, 5) is 0. The average Bonchev–Trinajstić information content (AvgIpc) is 2.95. The highest BCUT2D eigenvalue weighted by Crippen LogP contribution is 2.23. The zero-order valence-electron chi connectivity index (χ0n) is 8.24. The van der Waals surface area contributed by atoms with Crippen LogP contribution >= 0.6 is 11.8 Å². The van der Waals surface area contributed by atoms with Crippen molar-refractivity contribution in [2.24, 2.45) is 0 Å². The normalized spacial score (nSPS) is 12.9. The van der Waals surface area contributed by atoms with Gasteiger partial charge < -0.3 is 19.0 Å². The molecule has 2 rings (SSSR count). The summed E-state index contributed by atoms with van der Waals surface area (Å²) < 4.78 is 10.4. The van der Waals surface area contributed by atoms with Crippen LogP contribution in [0.25, 0.3) is 11.7 Å². The molecule has 0 radical (unpaired) electrons.